The molecular formula is C10H11Br2NO. The highest BCUT2D eigenvalue weighted by atomic mass is 79.9. The smallest absolute Gasteiger partial charge is 0.0884 e. The molecular weight excluding hydrogens is 310 g/mol. The second kappa shape index (κ2) is 3.22. The minimum atomic E-state index is -0.214. The lowest BCUT2D eigenvalue weighted by molar-refractivity contribution is -0.00799. The molecule has 0 aliphatic carbocycles. The van der Waals surface area contributed by atoms with Gasteiger partial charge in [0.25, 0.3) is 0 Å². The lowest BCUT2D eigenvalue weighted by Crippen LogP contribution is -2.14. The Hall–Kier alpha value is -0.0600. The quantitative estimate of drug-likeness (QED) is 0.742. The third kappa shape index (κ3) is 1.40. The van der Waals surface area contributed by atoms with Gasteiger partial charge < -0.3 is 10.5 Å². The molecule has 2 nitrogen and oxygen atoms in total. The number of nitrogens with two attached hydrogens (primary N) is 1. The van der Waals surface area contributed by atoms with Crippen LogP contribution in [0.15, 0.2) is 15.0 Å². The highest BCUT2D eigenvalue weighted by Crippen LogP contribution is 2.44. The molecule has 76 valence electrons. The molecule has 2 N–H and O–H groups in total. The molecule has 1 heterocycles. The largest absolute Gasteiger partial charge is 0.397 e. The number of nitrogen functional groups attached to an aromatic ring is 1. The van der Waals surface area contributed by atoms with Crippen LogP contribution in [0.3, 0.4) is 0 Å². The van der Waals surface area contributed by atoms with Gasteiger partial charge in [0.05, 0.1) is 17.9 Å². The maximum Gasteiger partial charge on any atom is 0.0884 e. The van der Waals surface area contributed by atoms with E-state index in [9.17, 15) is 0 Å². The number of rotatable bonds is 0. The average Bonchev–Trinajstić information content (AvgIpc) is 2.39. The molecule has 0 bridgehead atoms. The summed E-state index contributed by atoms with van der Waals surface area (Å²) in [6.07, 6.45) is 0. The van der Waals surface area contributed by atoms with Crippen molar-refractivity contribution in [3.05, 3.63) is 26.1 Å². The maximum atomic E-state index is 5.89. The molecule has 0 saturated heterocycles. The van der Waals surface area contributed by atoms with Crippen LogP contribution >= 0.6 is 31.9 Å². The summed E-state index contributed by atoms with van der Waals surface area (Å²) < 4.78 is 7.56. The molecule has 4 heteroatoms. The molecule has 1 aliphatic rings. The van der Waals surface area contributed by atoms with Gasteiger partial charge >= 0.3 is 0 Å². The van der Waals surface area contributed by atoms with Crippen molar-refractivity contribution < 1.29 is 4.74 Å². The van der Waals surface area contributed by atoms with Gasteiger partial charge in [0.15, 0.2) is 0 Å². The van der Waals surface area contributed by atoms with Crippen molar-refractivity contribution in [2.24, 2.45) is 0 Å². The zero-order valence-corrected chi connectivity index (χ0v) is 11.2. The third-order valence-electron chi connectivity index (χ3n) is 2.58. The van der Waals surface area contributed by atoms with Crippen LogP contribution in [0.1, 0.15) is 25.0 Å². The molecule has 14 heavy (non-hydrogen) atoms. The molecule has 0 unspecified atom stereocenters. The van der Waals surface area contributed by atoms with Gasteiger partial charge in [-0.2, -0.15) is 0 Å². The SMILES string of the molecule is CC1(C)OCc2c1cc(Br)c(N)c2Br. The molecule has 1 aliphatic heterocycles. The predicted octanol–water partition coefficient (Wildman–Crippen LogP) is 3.56. The van der Waals surface area contributed by atoms with Crippen LogP contribution in [0, 0.1) is 0 Å². The number of hydrogen-bond donors (Lipinski definition) is 1. The fourth-order valence-corrected chi connectivity index (χ4v) is 2.92. The Bertz CT molecular complexity index is 402. The van der Waals surface area contributed by atoms with Crippen molar-refractivity contribution in [3.63, 3.8) is 0 Å². The Morgan fingerprint density at radius 2 is 2.07 bits per heavy atom. The highest BCUT2D eigenvalue weighted by molar-refractivity contribution is 9.11. The van der Waals surface area contributed by atoms with Crippen molar-refractivity contribution >= 4 is 37.5 Å². The Labute approximate surface area is 100 Å². The first kappa shape index (κ1) is 10.5. The Balaban J connectivity index is 2.71. The van der Waals surface area contributed by atoms with Crippen molar-refractivity contribution in [3.8, 4) is 0 Å². The summed E-state index contributed by atoms with van der Waals surface area (Å²) in [6, 6.07) is 2.04. The normalized spacial score (nSPS) is 18.3. The minimum absolute atomic E-state index is 0.214. The lowest BCUT2D eigenvalue weighted by atomic mass is 9.96. The van der Waals surface area contributed by atoms with Crippen LogP contribution in [-0.2, 0) is 16.9 Å². The number of benzene rings is 1. The van der Waals surface area contributed by atoms with E-state index in [0.717, 1.165) is 20.2 Å². The van der Waals surface area contributed by atoms with Gasteiger partial charge in [0.1, 0.15) is 0 Å². The standard InChI is InChI=1S/C10H11Br2NO/c1-10(2)6-3-7(11)9(13)8(12)5(6)4-14-10/h3H,4,13H2,1-2H3. The predicted molar refractivity (Wildman–Crippen MR) is 64.1 cm³/mol. The van der Waals surface area contributed by atoms with E-state index in [1.807, 2.05) is 6.07 Å². The number of hydrogen-bond acceptors (Lipinski definition) is 2. The summed E-state index contributed by atoms with van der Waals surface area (Å²) in [7, 11) is 0. The minimum Gasteiger partial charge on any atom is -0.397 e. The summed E-state index contributed by atoms with van der Waals surface area (Å²) >= 11 is 6.94. The maximum absolute atomic E-state index is 5.89. The Morgan fingerprint density at radius 1 is 1.43 bits per heavy atom. The van der Waals surface area contributed by atoms with Gasteiger partial charge in [-0.05, 0) is 57.3 Å². The molecule has 1 aromatic rings. The van der Waals surface area contributed by atoms with Gasteiger partial charge in [-0.25, -0.2) is 0 Å². The van der Waals surface area contributed by atoms with E-state index in [1.165, 1.54) is 5.56 Å². The van der Waals surface area contributed by atoms with E-state index in [4.69, 9.17) is 10.5 Å². The van der Waals surface area contributed by atoms with Gasteiger partial charge in [-0.15, -0.1) is 0 Å². The van der Waals surface area contributed by atoms with E-state index in [0.29, 0.717) is 6.61 Å². The van der Waals surface area contributed by atoms with Crippen molar-refractivity contribution in [2.45, 2.75) is 26.1 Å². The van der Waals surface area contributed by atoms with E-state index < -0.39 is 0 Å². The van der Waals surface area contributed by atoms with Crippen LogP contribution in [0.4, 0.5) is 5.69 Å². The van der Waals surface area contributed by atoms with Crippen LogP contribution in [-0.4, -0.2) is 0 Å². The van der Waals surface area contributed by atoms with Crippen LogP contribution in [0.25, 0.3) is 0 Å². The second-order valence-corrected chi connectivity index (χ2v) is 5.56. The average molecular weight is 321 g/mol. The summed E-state index contributed by atoms with van der Waals surface area (Å²) in [6.45, 7) is 4.75. The fraction of sp³-hybridized carbons (Fsp3) is 0.400. The third-order valence-corrected chi connectivity index (χ3v) is 4.14. The molecule has 2 rings (SSSR count). The monoisotopic (exact) mass is 319 g/mol. The summed E-state index contributed by atoms with van der Waals surface area (Å²) in [5, 5.41) is 0. The molecule has 0 fully saturated rings. The number of halogens is 2. The zero-order chi connectivity index (χ0) is 10.5. The summed E-state index contributed by atoms with van der Waals surface area (Å²) in [5.74, 6) is 0. The molecule has 0 saturated carbocycles. The number of fused-ring (bicyclic) bond motifs is 1. The first-order valence-electron chi connectivity index (χ1n) is 4.34. The Kier molecular flexibility index (Phi) is 2.40. The summed E-state index contributed by atoms with van der Waals surface area (Å²) in [5.41, 5.74) is 8.78. The summed E-state index contributed by atoms with van der Waals surface area (Å²) in [4.78, 5) is 0. The van der Waals surface area contributed by atoms with E-state index in [2.05, 4.69) is 45.7 Å². The van der Waals surface area contributed by atoms with E-state index in [1.54, 1.807) is 0 Å². The topological polar surface area (TPSA) is 35.2 Å². The molecule has 0 radical (unpaired) electrons. The van der Waals surface area contributed by atoms with Crippen LogP contribution in [0.5, 0.6) is 0 Å². The van der Waals surface area contributed by atoms with E-state index >= 15 is 0 Å². The van der Waals surface area contributed by atoms with Gasteiger partial charge in [0.2, 0.25) is 0 Å². The fourth-order valence-electron chi connectivity index (χ4n) is 1.69. The van der Waals surface area contributed by atoms with Crippen molar-refractivity contribution in [1.29, 1.82) is 0 Å². The molecule has 1 aromatic carbocycles. The molecule has 0 atom stereocenters. The van der Waals surface area contributed by atoms with Crippen molar-refractivity contribution in [2.75, 3.05) is 5.73 Å². The Morgan fingerprint density at radius 3 is 2.71 bits per heavy atom. The number of ether oxygens (including phenoxy) is 1. The van der Waals surface area contributed by atoms with E-state index in [-0.39, 0.29) is 5.60 Å². The highest BCUT2D eigenvalue weighted by Gasteiger charge is 2.33. The van der Waals surface area contributed by atoms with Gasteiger partial charge in [-0.3, -0.25) is 0 Å². The van der Waals surface area contributed by atoms with Crippen LogP contribution in [0.2, 0.25) is 0 Å². The molecule has 0 aromatic heterocycles. The number of anilines is 1. The van der Waals surface area contributed by atoms with Gasteiger partial charge in [-0.1, -0.05) is 0 Å². The molecule has 0 spiro atoms. The van der Waals surface area contributed by atoms with Gasteiger partial charge in [0, 0.05) is 14.5 Å². The second-order valence-electron chi connectivity index (χ2n) is 3.91. The lowest BCUT2D eigenvalue weighted by Gasteiger charge is -2.19. The first-order chi connectivity index (χ1) is 6.43. The van der Waals surface area contributed by atoms with Crippen LogP contribution < -0.4 is 5.73 Å². The molecule has 0 amide bonds. The zero-order valence-electron chi connectivity index (χ0n) is 8.03. The first-order valence-corrected chi connectivity index (χ1v) is 5.93. The van der Waals surface area contributed by atoms with Crippen molar-refractivity contribution in [1.82, 2.24) is 0 Å².